The summed E-state index contributed by atoms with van der Waals surface area (Å²) in [4.78, 5) is 28.7. The van der Waals surface area contributed by atoms with Crippen molar-refractivity contribution >= 4 is 17.9 Å². The monoisotopic (exact) mass is 295 g/mol. The van der Waals surface area contributed by atoms with Crippen LogP contribution in [-0.4, -0.2) is 43.8 Å². The van der Waals surface area contributed by atoms with Crippen LogP contribution in [-0.2, 0) is 20.9 Å². The summed E-state index contributed by atoms with van der Waals surface area (Å²) in [6.45, 7) is 3.71. The fraction of sp³-hybridized carbons (Fsp3) is 0.500. The third-order valence-corrected chi connectivity index (χ3v) is 2.51. The van der Waals surface area contributed by atoms with Gasteiger partial charge in [-0.1, -0.05) is 6.07 Å². The lowest BCUT2D eigenvalue weighted by molar-refractivity contribution is -0.143. The van der Waals surface area contributed by atoms with E-state index < -0.39 is 6.09 Å². The van der Waals surface area contributed by atoms with Crippen molar-refractivity contribution in [2.24, 2.45) is 0 Å². The molecule has 1 heterocycles. The maximum atomic E-state index is 11.9. The van der Waals surface area contributed by atoms with E-state index in [0.717, 1.165) is 0 Å². The predicted octanol–water partition coefficient (Wildman–Crippen LogP) is 1.33. The smallest absolute Gasteiger partial charge is 0.415 e. The molecule has 7 heteroatoms. The highest BCUT2D eigenvalue weighted by Crippen LogP contribution is 2.18. The van der Waals surface area contributed by atoms with E-state index in [9.17, 15) is 9.59 Å². The summed E-state index contributed by atoms with van der Waals surface area (Å²) in [5.74, 6) is 0.0279. The Bertz CT molecular complexity index is 491. The number of carbonyl (C=O) groups excluding carboxylic acids is 2. The minimum Gasteiger partial charge on any atom is -0.460 e. The van der Waals surface area contributed by atoms with E-state index in [2.05, 4.69) is 10.3 Å². The summed E-state index contributed by atoms with van der Waals surface area (Å²) in [6, 6.07) is 3.46. The number of aromatic nitrogens is 1. The molecular weight excluding hydrogens is 274 g/mol. The molecule has 1 rings (SSSR count). The van der Waals surface area contributed by atoms with Gasteiger partial charge in [0.1, 0.15) is 12.4 Å². The first kappa shape index (κ1) is 16.9. The normalized spacial score (nSPS) is 10.3. The van der Waals surface area contributed by atoms with Gasteiger partial charge in [0.25, 0.3) is 0 Å². The molecule has 0 unspecified atom stereocenters. The van der Waals surface area contributed by atoms with Crippen molar-refractivity contribution in [1.29, 1.82) is 0 Å². The van der Waals surface area contributed by atoms with Crippen molar-refractivity contribution in [1.82, 2.24) is 10.3 Å². The number of esters is 1. The highest BCUT2D eigenvalue weighted by Gasteiger charge is 2.18. The first-order valence-electron chi connectivity index (χ1n) is 6.64. The van der Waals surface area contributed by atoms with Crippen LogP contribution >= 0.6 is 0 Å². The predicted molar refractivity (Wildman–Crippen MR) is 78.0 cm³/mol. The fourth-order valence-corrected chi connectivity index (χ4v) is 1.57. The number of amides is 1. The van der Waals surface area contributed by atoms with Gasteiger partial charge in [0.2, 0.25) is 0 Å². The number of likely N-dealkylation sites (N-methyl/N-ethyl adjacent to an activating group) is 1. The lowest BCUT2D eigenvalue weighted by Crippen LogP contribution is -2.31. The highest BCUT2D eigenvalue weighted by molar-refractivity contribution is 5.86. The molecule has 0 fully saturated rings. The highest BCUT2D eigenvalue weighted by atomic mass is 16.6. The number of pyridine rings is 1. The Morgan fingerprint density at radius 3 is 2.76 bits per heavy atom. The van der Waals surface area contributed by atoms with Crippen LogP contribution in [0.15, 0.2) is 18.3 Å². The van der Waals surface area contributed by atoms with E-state index in [1.165, 1.54) is 4.90 Å². The molecule has 0 atom stereocenters. The molecule has 0 aliphatic heterocycles. The summed E-state index contributed by atoms with van der Waals surface area (Å²) < 4.78 is 10.2. The fourth-order valence-electron chi connectivity index (χ4n) is 1.57. The number of nitrogens with zero attached hydrogens (tertiary/aromatic N) is 2. The van der Waals surface area contributed by atoms with Crippen LogP contribution < -0.4 is 10.2 Å². The molecule has 1 amide bonds. The molecule has 0 aliphatic rings. The molecule has 7 nitrogen and oxygen atoms in total. The first-order chi connectivity index (χ1) is 9.95. The van der Waals surface area contributed by atoms with Gasteiger partial charge < -0.3 is 14.8 Å². The number of carbonyl (C=O) groups is 2. The summed E-state index contributed by atoms with van der Waals surface area (Å²) in [6.07, 6.45) is 0.833. The van der Waals surface area contributed by atoms with E-state index in [1.807, 2.05) is 0 Å². The molecule has 0 saturated heterocycles. The van der Waals surface area contributed by atoms with Gasteiger partial charge in [-0.05, 0) is 27.0 Å². The summed E-state index contributed by atoms with van der Waals surface area (Å²) in [5, 5.41) is 2.71. The van der Waals surface area contributed by atoms with Gasteiger partial charge in [-0.15, -0.1) is 0 Å². The summed E-state index contributed by atoms with van der Waals surface area (Å²) in [7, 11) is 3.22. The van der Waals surface area contributed by atoms with Gasteiger partial charge in [-0.25, -0.2) is 9.78 Å². The standard InChI is InChI=1S/C14H21N3O4/c1-10(2)21-14(19)17(4)13-11(6-5-7-16-13)9-20-12(18)8-15-3/h5-7,10,15H,8-9H2,1-4H3. The van der Waals surface area contributed by atoms with Gasteiger partial charge in [0.05, 0.1) is 12.6 Å². The van der Waals surface area contributed by atoms with Crippen LogP contribution in [0, 0.1) is 0 Å². The van der Waals surface area contributed by atoms with Crippen LogP contribution in [0.25, 0.3) is 0 Å². The number of hydrogen-bond acceptors (Lipinski definition) is 6. The topological polar surface area (TPSA) is 80.8 Å². The van der Waals surface area contributed by atoms with Gasteiger partial charge in [-0.3, -0.25) is 9.69 Å². The minimum atomic E-state index is -0.508. The summed E-state index contributed by atoms with van der Waals surface area (Å²) in [5.41, 5.74) is 0.630. The molecule has 1 aromatic heterocycles. The lowest BCUT2D eigenvalue weighted by Gasteiger charge is -2.20. The second kappa shape index (κ2) is 8.21. The Morgan fingerprint density at radius 1 is 1.43 bits per heavy atom. The van der Waals surface area contributed by atoms with Crippen LogP contribution in [0.2, 0.25) is 0 Å². The zero-order valence-electron chi connectivity index (χ0n) is 12.8. The average Bonchev–Trinajstić information content (AvgIpc) is 2.44. The second-order valence-electron chi connectivity index (χ2n) is 4.67. The first-order valence-corrected chi connectivity index (χ1v) is 6.64. The minimum absolute atomic E-state index is 0.0446. The molecule has 0 radical (unpaired) electrons. The van der Waals surface area contributed by atoms with E-state index in [-0.39, 0.29) is 25.2 Å². The molecule has 116 valence electrons. The third kappa shape index (κ3) is 5.39. The van der Waals surface area contributed by atoms with Crippen LogP contribution in [0.4, 0.5) is 10.6 Å². The summed E-state index contributed by atoms with van der Waals surface area (Å²) >= 11 is 0. The quantitative estimate of drug-likeness (QED) is 0.797. The maximum Gasteiger partial charge on any atom is 0.415 e. The number of hydrogen-bond donors (Lipinski definition) is 1. The Kier molecular flexibility index (Phi) is 6.61. The van der Waals surface area contributed by atoms with Crippen LogP contribution in [0.1, 0.15) is 19.4 Å². The van der Waals surface area contributed by atoms with Gasteiger partial charge in [-0.2, -0.15) is 0 Å². The van der Waals surface area contributed by atoms with E-state index in [4.69, 9.17) is 9.47 Å². The van der Waals surface area contributed by atoms with Gasteiger partial charge in [0.15, 0.2) is 0 Å². The molecule has 0 bridgehead atoms. The second-order valence-corrected chi connectivity index (χ2v) is 4.67. The maximum absolute atomic E-state index is 11.9. The SMILES string of the molecule is CNCC(=O)OCc1cccnc1N(C)C(=O)OC(C)C. The van der Waals surface area contributed by atoms with E-state index in [1.54, 1.807) is 46.3 Å². The number of nitrogens with one attached hydrogen (secondary N) is 1. The molecule has 0 saturated carbocycles. The molecule has 1 N–H and O–H groups in total. The van der Waals surface area contributed by atoms with Crippen molar-refractivity contribution < 1.29 is 19.1 Å². The van der Waals surface area contributed by atoms with Crippen molar-refractivity contribution in [2.45, 2.75) is 26.6 Å². The van der Waals surface area contributed by atoms with E-state index >= 15 is 0 Å². The Labute approximate surface area is 124 Å². The average molecular weight is 295 g/mol. The molecule has 0 aliphatic carbocycles. The van der Waals surface area contributed by atoms with Crippen molar-refractivity contribution in [3.05, 3.63) is 23.9 Å². The number of ether oxygens (including phenoxy) is 2. The zero-order chi connectivity index (χ0) is 15.8. The largest absolute Gasteiger partial charge is 0.460 e. The molecule has 21 heavy (non-hydrogen) atoms. The van der Waals surface area contributed by atoms with E-state index in [0.29, 0.717) is 11.4 Å². The molecule has 1 aromatic rings. The van der Waals surface area contributed by atoms with Crippen LogP contribution in [0.3, 0.4) is 0 Å². The molecular formula is C14H21N3O4. The van der Waals surface area contributed by atoms with Gasteiger partial charge in [0, 0.05) is 18.8 Å². The Balaban J connectivity index is 2.78. The molecule has 0 aromatic carbocycles. The van der Waals surface area contributed by atoms with Crippen LogP contribution in [0.5, 0.6) is 0 Å². The van der Waals surface area contributed by atoms with Crippen molar-refractivity contribution in [3.8, 4) is 0 Å². The van der Waals surface area contributed by atoms with Crippen molar-refractivity contribution in [2.75, 3.05) is 25.5 Å². The Hall–Kier alpha value is -2.15. The molecule has 0 spiro atoms. The number of anilines is 1. The lowest BCUT2D eigenvalue weighted by atomic mass is 10.2. The van der Waals surface area contributed by atoms with Gasteiger partial charge >= 0.3 is 12.1 Å². The Morgan fingerprint density at radius 2 is 2.14 bits per heavy atom. The third-order valence-electron chi connectivity index (χ3n) is 2.51. The zero-order valence-corrected chi connectivity index (χ0v) is 12.8. The van der Waals surface area contributed by atoms with Crippen molar-refractivity contribution in [3.63, 3.8) is 0 Å². The number of rotatable bonds is 6.